The lowest BCUT2D eigenvalue weighted by Crippen LogP contribution is -2.26. The largest absolute Gasteiger partial charge is 0.399 e. The number of hydrogen-bond acceptors (Lipinski definition) is 3. The van der Waals surface area contributed by atoms with Crippen molar-refractivity contribution < 1.29 is 9.53 Å². The van der Waals surface area contributed by atoms with Gasteiger partial charge in [-0.25, -0.2) is 0 Å². The first-order chi connectivity index (χ1) is 9.70. The highest BCUT2D eigenvalue weighted by molar-refractivity contribution is 5.94. The Morgan fingerprint density at radius 1 is 1.15 bits per heavy atom. The normalized spacial score (nSPS) is 10.2. The standard InChI is InChI=1S/C16H18N2O2/c1-20-10-9-18-16(19)13-7-5-12(6-8-13)14-3-2-4-15(17)11-14/h2-8,11H,9-10,17H2,1H3,(H,18,19). The number of anilines is 1. The molecule has 0 atom stereocenters. The van der Waals surface area contributed by atoms with Crippen LogP contribution in [0.3, 0.4) is 0 Å². The number of ether oxygens (including phenoxy) is 1. The average Bonchev–Trinajstić information content (AvgIpc) is 2.47. The fraction of sp³-hybridized carbons (Fsp3) is 0.188. The van der Waals surface area contributed by atoms with Crippen molar-refractivity contribution in [2.24, 2.45) is 0 Å². The third-order valence-corrected chi connectivity index (χ3v) is 2.96. The van der Waals surface area contributed by atoms with Gasteiger partial charge in [0.1, 0.15) is 0 Å². The average molecular weight is 270 g/mol. The number of hydrogen-bond donors (Lipinski definition) is 2. The molecule has 2 aromatic carbocycles. The molecule has 104 valence electrons. The fourth-order valence-electron chi connectivity index (χ4n) is 1.90. The van der Waals surface area contributed by atoms with Crippen molar-refractivity contribution in [3.63, 3.8) is 0 Å². The van der Waals surface area contributed by atoms with E-state index in [0.717, 1.165) is 16.8 Å². The number of carbonyl (C=O) groups excluding carboxylic acids is 1. The zero-order valence-electron chi connectivity index (χ0n) is 11.4. The zero-order chi connectivity index (χ0) is 14.4. The molecule has 3 N–H and O–H groups in total. The summed E-state index contributed by atoms with van der Waals surface area (Å²) >= 11 is 0. The molecule has 2 rings (SSSR count). The van der Waals surface area contributed by atoms with Crippen molar-refractivity contribution in [2.75, 3.05) is 26.0 Å². The first-order valence-corrected chi connectivity index (χ1v) is 6.44. The van der Waals surface area contributed by atoms with Crippen molar-refractivity contribution in [3.8, 4) is 11.1 Å². The van der Waals surface area contributed by atoms with Crippen LogP contribution in [0.4, 0.5) is 5.69 Å². The summed E-state index contributed by atoms with van der Waals surface area (Å²) in [6.07, 6.45) is 0. The third kappa shape index (κ3) is 3.59. The second-order valence-electron chi connectivity index (χ2n) is 4.45. The SMILES string of the molecule is COCCNC(=O)c1ccc(-c2cccc(N)c2)cc1. The number of nitrogens with one attached hydrogen (secondary N) is 1. The van der Waals surface area contributed by atoms with Gasteiger partial charge in [-0.2, -0.15) is 0 Å². The number of rotatable bonds is 5. The summed E-state index contributed by atoms with van der Waals surface area (Å²) in [6, 6.07) is 15.1. The van der Waals surface area contributed by atoms with Crippen LogP contribution in [0.25, 0.3) is 11.1 Å². The second-order valence-corrected chi connectivity index (χ2v) is 4.45. The molecule has 0 radical (unpaired) electrons. The number of benzene rings is 2. The van der Waals surface area contributed by atoms with Gasteiger partial charge in [0, 0.05) is 24.9 Å². The number of amides is 1. The van der Waals surface area contributed by atoms with Crippen LogP contribution in [0.2, 0.25) is 0 Å². The van der Waals surface area contributed by atoms with E-state index in [0.29, 0.717) is 18.7 Å². The van der Waals surface area contributed by atoms with E-state index < -0.39 is 0 Å². The summed E-state index contributed by atoms with van der Waals surface area (Å²) < 4.78 is 4.89. The summed E-state index contributed by atoms with van der Waals surface area (Å²) in [6.45, 7) is 1.01. The fourth-order valence-corrected chi connectivity index (χ4v) is 1.90. The van der Waals surface area contributed by atoms with E-state index in [2.05, 4.69) is 5.32 Å². The van der Waals surface area contributed by atoms with E-state index in [1.165, 1.54) is 0 Å². The Morgan fingerprint density at radius 2 is 1.90 bits per heavy atom. The van der Waals surface area contributed by atoms with Crippen LogP contribution in [0.15, 0.2) is 48.5 Å². The molecule has 0 unspecified atom stereocenters. The molecule has 4 nitrogen and oxygen atoms in total. The molecule has 0 heterocycles. The van der Waals surface area contributed by atoms with Crippen LogP contribution in [-0.2, 0) is 4.74 Å². The molecule has 0 bridgehead atoms. The van der Waals surface area contributed by atoms with Crippen molar-refractivity contribution in [1.82, 2.24) is 5.32 Å². The lowest BCUT2D eigenvalue weighted by atomic mass is 10.0. The zero-order valence-corrected chi connectivity index (χ0v) is 11.4. The Hall–Kier alpha value is -2.33. The molecule has 0 aliphatic carbocycles. The highest BCUT2D eigenvalue weighted by Crippen LogP contribution is 2.21. The van der Waals surface area contributed by atoms with Gasteiger partial charge in [0.2, 0.25) is 0 Å². The van der Waals surface area contributed by atoms with E-state index in [1.54, 1.807) is 19.2 Å². The lowest BCUT2D eigenvalue weighted by molar-refractivity contribution is 0.0937. The maximum absolute atomic E-state index is 11.8. The predicted octanol–water partition coefficient (Wildman–Crippen LogP) is 2.31. The number of nitrogen functional groups attached to an aromatic ring is 1. The molecule has 1 amide bonds. The quantitative estimate of drug-likeness (QED) is 0.647. The predicted molar refractivity (Wildman–Crippen MR) is 80.5 cm³/mol. The Kier molecular flexibility index (Phi) is 4.74. The topological polar surface area (TPSA) is 64.3 Å². The first kappa shape index (κ1) is 14.1. The molecular weight excluding hydrogens is 252 g/mol. The van der Waals surface area contributed by atoms with Crippen molar-refractivity contribution in [1.29, 1.82) is 0 Å². The first-order valence-electron chi connectivity index (χ1n) is 6.44. The maximum atomic E-state index is 11.8. The summed E-state index contributed by atoms with van der Waals surface area (Å²) in [4.78, 5) is 11.8. The maximum Gasteiger partial charge on any atom is 0.251 e. The summed E-state index contributed by atoms with van der Waals surface area (Å²) in [5.74, 6) is -0.0961. The molecular formula is C16H18N2O2. The van der Waals surface area contributed by atoms with E-state index in [9.17, 15) is 4.79 Å². The highest BCUT2D eigenvalue weighted by atomic mass is 16.5. The van der Waals surface area contributed by atoms with E-state index in [4.69, 9.17) is 10.5 Å². The van der Waals surface area contributed by atoms with Crippen LogP contribution < -0.4 is 11.1 Å². The number of methoxy groups -OCH3 is 1. The van der Waals surface area contributed by atoms with Gasteiger partial charge in [0.05, 0.1) is 6.61 Å². The summed E-state index contributed by atoms with van der Waals surface area (Å²) in [5.41, 5.74) is 9.20. The Morgan fingerprint density at radius 3 is 2.55 bits per heavy atom. The molecule has 0 aliphatic heterocycles. The minimum Gasteiger partial charge on any atom is -0.399 e. The van der Waals surface area contributed by atoms with Crippen LogP contribution in [0, 0.1) is 0 Å². The molecule has 0 aromatic heterocycles. The van der Waals surface area contributed by atoms with Gasteiger partial charge in [0.25, 0.3) is 5.91 Å². The molecule has 0 saturated heterocycles. The number of nitrogens with two attached hydrogens (primary N) is 1. The van der Waals surface area contributed by atoms with Crippen LogP contribution in [0.5, 0.6) is 0 Å². The smallest absolute Gasteiger partial charge is 0.251 e. The van der Waals surface area contributed by atoms with Gasteiger partial charge in [-0.15, -0.1) is 0 Å². The van der Waals surface area contributed by atoms with Crippen LogP contribution >= 0.6 is 0 Å². The molecule has 0 fully saturated rings. The molecule has 0 spiro atoms. The van der Waals surface area contributed by atoms with E-state index in [-0.39, 0.29) is 5.91 Å². The number of carbonyl (C=O) groups is 1. The van der Waals surface area contributed by atoms with Gasteiger partial charge in [-0.05, 0) is 35.4 Å². The third-order valence-electron chi connectivity index (χ3n) is 2.96. The lowest BCUT2D eigenvalue weighted by Gasteiger charge is -2.06. The Balaban J connectivity index is 2.08. The minimum absolute atomic E-state index is 0.0961. The Labute approximate surface area is 118 Å². The molecule has 0 saturated carbocycles. The summed E-state index contributed by atoms with van der Waals surface area (Å²) in [7, 11) is 1.60. The molecule has 0 aliphatic rings. The molecule has 20 heavy (non-hydrogen) atoms. The van der Waals surface area contributed by atoms with Crippen LogP contribution in [0.1, 0.15) is 10.4 Å². The molecule has 4 heteroatoms. The summed E-state index contributed by atoms with van der Waals surface area (Å²) in [5, 5.41) is 2.78. The van der Waals surface area contributed by atoms with Crippen molar-refractivity contribution in [3.05, 3.63) is 54.1 Å². The minimum atomic E-state index is -0.0961. The van der Waals surface area contributed by atoms with E-state index in [1.807, 2.05) is 36.4 Å². The van der Waals surface area contributed by atoms with Crippen molar-refractivity contribution in [2.45, 2.75) is 0 Å². The van der Waals surface area contributed by atoms with Crippen LogP contribution in [-0.4, -0.2) is 26.2 Å². The highest BCUT2D eigenvalue weighted by Gasteiger charge is 2.05. The monoisotopic (exact) mass is 270 g/mol. The Bertz CT molecular complexity index is 579. The van der Waals surface area contributed by atoms with Gasteiger partial charge in [0.15, 0.2) is 0 Å². The van der Waals surface area contributed by atoms with E-state index >= 15 is 0 Å². The second kappa shape index (κ2) is 6.73. The van der Waals surface area contributed by atoms with Crippen molar-refractivity contribution >= 4 is 11.6 Å². The van der Waals surface area contributed by atoms with Gasteiger partial charge in [-0.3, -0.25) is 4.79 Å². The van der Waals surface area contributed by atoms with Gasteiger partial charge in [-0.1, -0.05) is 24.3 Å². The molecule has 2 aromatic rings. The van der Waals surface area contributed by atoms with Gasteiger partial charge < -0.3 is 15.8 Å². The van der Waals surface area contributed by atoms with Gasteiger partial charge >= 0.3 is 0 Å².